The van der Waals surface area contributed by atoms with Crippen molar-refractivity contribution in [3.8, 4) is 0 Å². The molecule has 1 fully saturated rings. The minimum Gasteiger partial charge on any atom is -0.481 e. The van der Waals surface area contributed by atoms with E-state index in [0.29, 0.717) is 6.42 Å². The van der Waals surface area contributed by atoms with Gasteiger partial charge < -0.3 is 15.3 Å². The fraction of sp³-hybridized carbons (Fsp3) is 0.467. The Hall–Kier alpha value is -2.18. The SMILES string of the molecule is CC1(C(=O)O)CCN(C(=O)NCC(F)(F)c2ccccc2)C1. The maximum atomic E-state index is 14.0. The first-order valence-electron chi connectivity index (χ1n) is 6.94. The van der Waals surface area contributed by atoms with Gasteiger partial charge in [-0.1, -0.05) is 30.3 Å². The quantitative estimate of drug-likeness (QED) is 0.896. The molecule has 1 saturated heterocycles. The molecule has 2 amide bonds. The van der Waals surface area contributed by atoms with Crippen LogP contribution in [0.2, 0.25) is 0 Å². The molecule has 2 rings (SSSR count). The van der Waals surface area contributed by atoms with Gasteiger partial charge in [0.05, 0.1) is 12.0 Å². The maximum absolute atomic E-state index is 14.0. The van der Waals surface area contributed by atoms with Gasteiger partial charge >= 0.3 is 12.0 Å². The first-order chi connectivity index (χ1) is 10.2. The number of amides is 2. The van der Waals surface area contributed by atoms with Crippen molar-refractivity contribution in [2.75, 3.05) is 19.6 Å². The molecule has 0 aromatic heterocycles. The van der Waals surface area contributed by atoms with E-state index >= 15 is 0 Å². The van der Waals surface area contributed by atoms with Crippen molar-refractivity contribution < 1.29 is 23.5 Å². The van der Waals surface area contributed by atoms with Crippen molar-refractivity contribution in [3.63, 3.8) is 0 Å². The van der Waals surface area contributed by atoms with Crippen molar-refractivity contribution in [3.05, 3.63) is 35.9 Å². The number of nitrogens with zero attached hydrogens (tertiary/aromatic N) is 1. The predicted octanol–water partition coefficient (Wildman–Crippen LogP) is 2.28. The molecule has 22 heavy (non-hydrogen) atoms. The summed E-state index contributed by atoms with van der Waals surface area (Å²) < 4.78 is 27.9. The van der Waals surface area contributed by atoms with Gasteiger partial charge in [-0.3, -0.25) is 4.79 Å². The highest BCUT2D eigenvalue weighted by atomic mass is 19.3. The maximum Gasteiger partial charge on any atom is 0.317 e. The Kier molecular flexibility index (Phi) is 4.35. The molecule has 1 aromatic carbocycles. The first-order valence-corrected chi connectivity index (χ1v) is 6.94. The number of nitrogens with one attached hydrogen (secondary N) is 1. The number of aliphatic carboxylic acids is 1. The largest absolute Gasteiger partial charge is 0.481 e. The molecule has 0 spiro atoms. The highest BCUT2D eigenvalue weighted by molar-refractivity contribution is 5.79. The molecule has 0 radical (unpaired) electrons. The number of hydrogen-bond donors (Lipinski definition) is 2. The van der Waals surface area contributed by atoms with Crippen LogP contribution in [0.15, 0.2) is 30.3 Å². The number of alkyl halides is 2. The molecule has 0 saturated carbocycles. The topological polar surface area (TPSA) is 69.6 Å². The Morgan fingerprint density at radius 2 is 2.00 bits per heavy atom. The molecule has 2 N–H and O–H groups in total. The summed E-state index contributed by atoms with van der Waals surface area (Å²) in [7, 11) is 0. The van der Waals surface area contributed by atoms with E-state index in [-0.39, 0.29) is 18.7 Å². The Labute approximate surface area is 126 Å². The number of carboxylic acids is 1. The van der Waals surface area contributed by atoms with E-state index < -0.39 is 29.9 Å². The van der Waals surface area contributed by atoms with Gasteiger partial charge in [-0.25, -0.2) is 4.79 Å². The summed E-state index contributed by atoms with van der Waals surface area (Å²) in [6.07, 6.45) is 0.310. The Morgan fingerprint density at radius 1 is 1.36 bits per heavy atom. The van der Waals surface area contributed by atoms with Gasteiger partial charge in [0, 0.05) is 18.7 Å². The molecular weight excluding hydrogens is 294 g/mol. The van der Waals surface area contributed by atoms with Crippen LogP contribution in [0.3, 0.4) is 0 Å². The lowest BCUT2D eigenvalue weighted by molar-refractivity contribution is -0.147. The smallest absolute Gasteiger partial charge is 0.317 e. The zero-order valence-electron chi connectivity index (χ0n) is 12.2. The number of rotatable bonds is 4. The van der Waals surface area contributed by atoms with E-state index in [1.807, 2.05) is 0 Å². The number of carbonyl (C=O) groups is 2. The number of halogens is 2. The van der Waals surface area contributed by atoms with E-state index in [4.69, 9.17) is 5.11 Å². The average molecular weight is 312 g/mol. The third-order valence-corrected chi connectivity index (χ3v) is 3.93. The van der Waals surface area contributed by atoms with Gasteiger partial charge in [0.25, 0.3) is 5.92 Å². The second-order valence-electron chi connectivity index (χ2n) is 5.77. The molecular formula is C15H18F2N2O3. The van der Waals surface area contributed by atoms with E-state index in [2.05, 4.69) is 5.32 Å². The average Bonchev–Trinajstić information content (AvgIpc) is 2.90. The summed E-state index contributed by atoms with van der Waals surface area (Å²) in [5, 5.41) is 11.3. The van der Waals surface area contributed by atoms with Crippen molar-refractivity contribution in [2.24, 2.45) is 5.41 Å². The van der Waals surface area contributed by atoms with Crippen LogP contribution in [0, 0.1) is 5.41 Å². The molecule has 1 heterocycles. The van der Waals surface area contributed by atoms with Crippen LogP contribution in [0.4, 0.5) is 13.6 Å². The number of carbonyl (C=O) groups excluding carboxylic acids is 1. The van der Waals surface area contributed by atoms with Crippen LogP contribution in [0.25, 0.3) is 0 Å². The summed E-state index contributed by atoms with van der Waals surface area (Å²) >= 11 is 0. The zero-order chi connectivity index (χ0) is 16.4. The van der Waals surface area contributed by atoms with Crippen LogP contribution in [-0.4, -0.2) is 41.6 Å². The summed E-state index contributed by atoms with van der Waals surface area (Å²) in [5.41, 5.74) is -1.19. The molecule has 1 aliphatic rings. The van der Waals surface area contributed by atoms with Gasteiger partial charge in [-0.15, -0.1) is 0 Å². The predicted molar refractivity (Wildman–Crippen MR) is 75.7 cm³/mol. The summed E-state index contributed by atoms with van der Waals surface area (Å²) in [4.78, 5) is 24.3. The number of urea groups is 1. The molecule has 120 valence electrons. The second kappa shape index (κ2) is 5.90. The minimum atomic E-state index is -3.17. The van der Waals surface area contributed by atoms with E-state index in [1.165, 1.54) is 29.2 Å². The Morgan fingerprint density at radius 3 is 2.55 bits per heavy atom. The van der Waals surface area contributed by atoms with E-state index in [1.54, 1.807) is 13.0 Å². The lowest BCUT2D eigenvalue weighted by atomic mass is 9.90. The van der Waals surface area contributed by atoms with Gasteiger partial charge in [0.2, 0.25) is 0 Å². The summed E-state index contributed by atoms with van der Waals surface area (Å²) in [5.74, 6) is -4.16. The van der Waals surface area contributed by atoms with Gasteiger partial charge in [0.15, 0.2) is 0 Å². The molecule has 1 aromatic rings. The van der Waals surface area contributed by atoms with Crippen LogP contribution < -0.4 is 5.32 Å². The van der Waals surface area contributed by atoms with Crippen LogP contribution in [0.1, 0.15) is 18.9 Å². The zero-order valence-corrected chi connectivity index (χ0v) is 12.2. The molecule has 5 nitrogen and oxygen atoms in total. The van der Waals surface area contributed by atoms with Crippen molar-refractivity contribution in [1.29, 1.82) is 0 Å². The molecule has 1 aliphatic heterocycles. The highest BCUT2D eigenvalue weighted by Crippen LogP contribution is 2.30. The number of carboxylic acid groups (broad SMARTS) is 1. The fourth-order valence-electron chi connectivity index (χ4n) is 2.39. The van der Waals surface area contributed by atoms with Crippen molar-refractivity contribution in [2.45, 2.75) is 19.3 Å². The normalized spacial score (nSPS) is 21.7. The number of likely N-dealkylation sites (tertiary alicyclic amines) is 1. The Balaban J connectivity index is 1.92. The summed E-state index contributed by atoms with van der Waals surface area (Å²) in [6.45, 7) is 0.980. The minimum absolute atomic E-state index is 0.0189. The lowest BCUT2D eigenvalue weighted by Gasteiger charge is -2.22. The standard InChI is InChI=1S/C15H18F2N2O3/c1-14(12(20)21)7-8-19(10-14)13(22)18-9-15(16,17)11-5-3-2-4-6-11/h2-6H,7-10H2,1H3,(H,18,22)(H,20,21). The number of hydrogen-bond acceptors (Lipinski definition) is 2. The third kappa shape index (κ3) is 3.35. The Bertz CT molecular complexity index is 565. The second-order valence-corrected chi connectivity index (χ2v) is 5.77. The lowest BCUT2D eigenvalue weighted by Crippen LogP contribution is -2.44. The van der Waals surface area contributed by atoms with Gasteiger partial charge in [-0.05, 0) is 13.3 Å². The molecule has 0 aliphatic carbocycles. The van der Waals surface area contributed by atoms with Gasteiger partial charge in [-0.2, -0.15) is 8.78 Å². The van der Waals surface area contributed by atoms with E-state index in [0.717, 1.165) is 0 Å². The monoisotopic (exact) mass is 312 g/mol. The summed E-state index contributed by atoms with van der Waals surface area (Å²) in [6, 6.07) is 6.57. The third-order valence-electron chi connectivity index (χ3n) is 3.93. The molecule has 0 bridgehead atoms. The molecule has 7 heteroatoms. The van der Waals surface area contributed by atoms with Crippen LogP contribution in [0.5, 0.6) is 0 Å². The van der Waals surface area contributed by atoms with Crippen LogP contribution in [-0.2, 0) is 10.7 Å². The van der Waals surface area contributed by atoms with Crippen LogP contribution >= 0.6 is 0 Å². The van der Waals surface area contributed by atoms with E-state index in [9.17, 15) is 18.4 Å². The molecule has 1 atom stereocenters. The van der Waals surface area contributed by atoms with Crippen molar-refractivity contribution >= 4 is 12.0 Å². The highest BCUT2D eigenvalue weighted by Gasteiger charge is 2.42. The fourth-order valence-corrected chi connectivity index (χ4v) is 2.39. The van der Waals surface area contributed by atoms with Gasteiger partial charge in [0.1, 0.15) is 0 Å². The van der Waals surface area contributed by atoms with Crippen molar-refractivity contribution in [1.82, 2.24) is 10.2 Å². The molecule has 1 unspecified atom stereocenters. The number of benzene rings is 1. The first kappa shape index (κ1) is 16.2.